The molecule has 1 saturated heterocycles. The van der Waals surface area contributed by atoms with E-state index in [1.54, 1.807) is 0 Å². The van der Waals surface area contributed by atoms with Crippen LogP contribution in [0.25, 0.3) is 0 Å². The molecule has 0 radical (unpaired) electrons. The van der Waals surface area contributed by atoms with Gasteiger partial charge in [0.2, 0.25) is 0 Å². The predicted octanol–water partition coefficient (Wildman–Crippen LogP) is 6.10. The van der Waals surface area contributed by atoms with Gasteiger partial charge in [-0.25, -0.2) is 0 Å². The van der Waals surface area contributed by atoms with Crippen LogP contribution in [-0.4, -0.2) is 44.7 Å². The second kappa shape index (κ2) is 14.5. The second-order valence-electron chi connectivity index (χ2n) is 8.75. The molecule has 0 aliphatic carbocycles. The number of likely N-dealkylation sites (N-methyl/N-ethyl adjacent to an activating group) is 1. The molecule has 0 spiro atoms. The van der Waals surface area contributed by atoms with E-state index in [0.717, 1.165) is 50.6 Å². The highest BCUT2D eigenvalue weighted by Crippen LogP contribution is 2.28. The third-order valence-electron chi connectivity index (χ3n) is 6.12. The van der Waals surface area contributed by atoms with E-state index < -0.39 is 0 Å². The molecule has 29 heavy (non-hydrogen) atoms. The zero-order chi connectivity index (χ0) is 20.7. The molecule has 1 aliphatic rings. The van der Waals surface area contributed by atoms with Gasteiger partial charge in [0.1, 0.15) is 5.75 Å². The third kappa shape index (κ3) is 9.75. The third-order valence-corrected chi connectivity index (χ3v) is 6.12. The first-order valence-electron chi connectivity index (χ1n) is 12.2. The van der Waals surface area contributed by atoms with Crippen LogP contribution in [-0.2, 0) is 0 Å². The summed E-state index contributed by atoms with van der Waals surface area (Å²) in [5, 5.41) is 0. The first kappa shape index (κ1) is 23.9. The molecule has 2 rings (SSSR count). The molecule has 0 amide bonds. The van der Waals surface area contributed by atoms with Gasteiger partial charge in [0, 0.05) is 37.9 Å². The topological polar surface area (TPSA) is 41.7 Å². The van der Waals surface area contributed by atoms with Gasteiger partial charge in [-0.1, -0.05) is 77.6 Å². The van der Waals surface area contributed by atoms with Crippen LogP contribution in [0.3, 0.4) is 0 Å². The molecule has 1 fully saturated rings. The number of nitrogens with zero attached hydrogens (tertiary/aromatic N) is 2. The summed E-state index contributed by atoms with van der Waals surface area (Å²) < 4.78 is 6.02. The summed E-state index contributed by atoms with van der Waals surface area (Å²) in [5.41, 5.74) is 8.12. The average Bonchev–Trinajstić information content (AvgIpc) is 2.73. The van der Waals surface area contributed by atoms with Crippen LogP contribution in [0.15, 0.2) is 18.2 Å². The van der Waals surface area contributed by atoms with E-state index >= 15 is 0 Å². The van der Waals surface area contributed by atoms with Crippen LogP contribution in [0.4, 0.5) is 11.4 Å². The highest BCUT2D eigenvalue weighted by atomic mass is 16.5. The Hall–Kier alpha value is -1.42. The largest absolute Gasteiger partial charge is 0.491 e. The molecular formula is C25H45N3O. The van der Waals surface area contributed by atoms with Crippen molar-refractivity contribution in [2.75, 3.05) is 50.5 Å². The number of piperazine rings is 1. The first-order valence-corrected chi connectivity index (χ1v) is 12.2. The van der Waals surface area contributed by atoms with Crippen molar-refractivity contribution in [3.63, 3.8) is 0 Å². The molecule has 0 aromatic heterocycles. The number of rotatable bonds is 15. The smallest absolute Gasteiger partial charge is 0.144 e. The predicted molar refractivity (Wildman–Crippen MR) is 127 cm³/mol. The van der Waals surface area contributed by atoms with E-state index in [-0.39, 0.29) is 0 Å². The Balaban J connectivity index is 1.52. The SMILES string of the molecule is CCCCCCCCCCCCCCOc1cc(N2CCN(C)CC2)ccc1N. The number of ether oxygens (including phenoxy) is 1. The van der Waals surface area contributed by atoms with Crippen LogP contribution in [0.2, 0.25) is 0 Å². The maximum absolute atomic E-state index is 6.14. The molecule has 1 aliphatic heterocycles. The van der Waals surface area contributed by atoms with Gasteiger partial charge in [-0.2, -0.15) is 0 Å². The van der Waals surface area contributed by atoms with Crippen molar-refractivity contribution in [1.29, 1.82) is 0 Å². The van der Waals surface area contributed by atoms with Gasteiger partial charge in [0.05, 0.1) is 12.3 Å². The molecule has 166 valence electrons. The number of hydrogen-bond acceptors (Lipinski definition) is 4. The van der Waals surface area contributed by atoms with Crippen LogP contribution < -0.4 is 15.4 Å². The number of nitrogen functional groups attached to an aromatic ring is 1. The van der Waals surface area contributed by atoms with Crippen molar-refractivity contribution in [3.8, 4) is 5.75 Å². The molecule has 1 heterocycles. The average molecular weight is 404 g/mol. The van der Waals surface area contributed by atoms with Crippen LogP contribution in [0.5, 0.6) is 5.75 Å². The summed E-state index contributed by atoms with van der Waals surface area (Å²) in [6.07, 6.45) is 16.4. The van der Waals surface area contributed by atoms with Crippen LogP contribution in [0.1, 0.15) is 84.0 Å². The summed E-state index contributed by atoms with van der Waals surface area (Å²) in [6, 6.07) is 6.24. The van der Waals surface area contributed by atoms with Gasteiger partial charge in [-0.05, 0) is 25.6 Å². The minimum atomic E-state index is 0.752. The van der Waals surface area contributed by atoms with Crippen molar-refractivity contribution < 1.29 is 4.74 Å². The molecule has 1 aromatic rings. The Kier molecular flexibility index (Phi) is 12.0. The Labute approximate surface area is 179 Å². The lowest BCUT2D eigenvalue weighted by Gasteiger charge is -2.34. The summed E-state index contributed by atoms with van der Waals surface area (Å²) in [4.78, 5) is 4.80. The lowest BCUT2D eigenvalue weighted by atomic mass is 10.1. The normalized spacial score (nSPS) is 15.0. The summed E-state index contributed by atoms with van der Waals surface area (Å²) in [7, 11) is 2.18. The van der Waals surface area contributed by atoms with E-state index in [1.807, 2.05) is 6.07 Å². The highest BCUT2D eigenvalue weighted by Gasteiger charge is 2.15. The second-order valence-corrected chi connectivity index (χ2v) is 8.75. The standard InChI is InChI=1S/C25H45N3O/c1-3-4-5-6-7-8-9-10-11-12-13-14-21-29-25-22-23(15-16-24(25)26)28-19-17-27(2)18-20-28/h15-16,22H,3-14,17-21,26H2,1-2H3. The molecule has 1 aromatic carbocycles. The van der Waals surface area contributed by atoms with Gasteiger partial charge in [0.25, 0.3) is 0 Å². The zero-order valence-corrected chi connectivity index (χ0v) is 19.1. The molecule has 0 unspecified atom stereocenters. The molecule has 0 saturated carbocycles. The number of nitrogens with two attached hydrogens (primary N) is 1. The quantitative estimate of drug-likeness (QED) is 0.284. The Morgan fingerprint density at radius 3 is 1.93 bits per heavy atom. The number of unbranched alkanes of at least 4 members (excludes halogenated alkanes) is 11. The molecule has 0 bridgehead atoms. The maximum atomic E-state index is 6.14. The first-order chi connectivity index (χ1) is 14.2. The van der Waals surface area contributed by atoms with Crippen LogP contribution in [0, 0.1) is 0 Å². The van der Waals surface area contributed by atoms with E-state index in [9.17, 15) is 0 Å². The molecule has 2 N–H and O–H groups in total. The van der Waals surface area contributed by atoms with Crippen molar-refractivity contribution in [3.05, 3.63) is 18.2 Å². The van der Waals surface area contributed by atoms with E-state index in [1.165, 1.54) is 76.3 Å². The summed E-state index contributed by atoms with van der Waals surface area (Å²) in [5.74, 6) is 0.851. The van der Waals surface area contributed by atoms with Gasteiger partial charge in [-0.3, -0.25) is 0 Å². The Morgan fingerprint density at radius 1 is 0.793 bits per heavy atom. The van der Waals surface area contributed by atoms with E-state index in [4.69, 9.17) is 10.5 Å². The minimum absolute atomic E-state index is 0.752. The summed E-state index contributed by atoms with van der Waals surface area (Å²) in [6.45, 7) is 7.41. The van der Waals surface area contributed by atoms with E-state index in [2.05, 4.69) is 35.9 Å². The number of hydrogen-bond donors (Lipinski definition) is 1. The Bertz CT molecular complexity index is 541. The van der Waals surface area contributed by atoms with E-state index in [0.29, 0.717) is 0 Å². The Morgan fingerprint density at radius 2 is 1.34 bits per heavy atom. The fraction of sp³-hybridized carbons (Fsp3) is 0.760. The fourth-order valence-electron chi connectivity index (χ4n) is 4.03. The van der Waals surface area contributed by atoms with Crippen molar-refractivity contribution in [2.45, 2.75) is 84.0 Å². The lowest BCUT2D eigenvalue weighted by molar-refractivity contribution is 0.304. The molecular weight excluding hydrogens is 358 g/mol. The summed E-state index contributed by atoms with van der Waals surface area (Å²) >= 11 is 0. The van der Waals surface area contributed by atoms with Gasteiger partial charge < -0.3 is 20.3 Å². The van der Waals surface area contributed by atoms with Gasteiger partial charge in [-0.15, -0.1) is 0 Å². The van der Waals surface area contributed by atoms with Gasteiger partial charge in [0.15, 0.2) is 0 Å². The minimum Gasteiger partial charge on any atom is -0.491 e. The number of benzene rings is 1. The zero-order valence-electron chi connectivity index (χ0n) is 19.1. The van der Waals surface area contributed by atoms with Crippen molar-refractivity contribution in [1.82, 2.24) is 4.90 Å². The van der Waals surface area contributed by atoms with Crippen molar-refractivity contribution in [2.24, 2.45) is 0 Å². The van der Waals surface area contributed by atoms with Gasteiger partial charge >= 0.3 is 0 Å². The molecule has 4 heteroatoms. The monoisotopic (exact) mass is 403 g/mol. The van der Waals surface area contributed by atoms with Crippen molar-refractivity contribution >= 4 is 11.4 Å². The maximum Gasteiger partial charge on any atom is 0.144 e. The number of anilines is 2. The molecule has 4 nitrogen and oxygen atoms in total. The fourth-order valence-corrected chi connectivity index (χ4v) is 4.03. The molecule has 0 atom stereocenters. The van der Waals surface area contributed by atoms with Crippen LogP contribution >= 0.6 is 0 Å². The lowest BCUT2D eigenvalue weighted by Crippen LogP contribution is -2.44. The highest BCUT2D eigenvalue weighted by molar-refractivity contribution is 5.62.